The maximum absolute atomic E-state index is 10.2. The third kappa shape index (κ3) is 5.10. The molecular weight excluding hydrogens is 122 g/mol. The molecule has 0 aliphatic rings. The Kier molecular flexibility index (Phi) is 2.45. The highest BCUT2D eigenvalue weighted by Gasteiger charge is 2.16. The van der Waals surface area contributed by atoms with E-state index in [-0.39, 0.29) is 0 Å². The van der Waals surface area contributed by atoms with Gasteiger partial charge >= 0.3 is 6.16 Å². The Hall–Kier alpha value is -0.770. The molecule has 0 heterocycles. The van der Waals surface area contributed by atoms with Crippen LogP contribution in [0.5, 0.6) is 0 Å². The first kappa shape index (κ1) is 8.23. The second kappa shape index (κ2) is 2.68. The molecular formula is C5H10NO3. The van der Waals surface area contributed by atoms with Crippen LogP contribution in [-0.4, -0.2) is 11.8 Å². The molecule has 4 heteroatoms. The van der Waals surface area contributed by atoms with Crippen LogP contribution in [0.2, 0.25) is 0 Å². The average Bonchev–Trinajstić information content (AvgIpc) is 1.62. The minimum Gasteiger partial charge on any atom is -0.427 e. The zero-order chi connectivity index (χ0) is 7.49. The number of nitrogens with one attached hydrogen (secondary N) is 1. The van der Waals surface area contributed by atoms with Gasteiger partial charge < -0.3 is 9.57 Å². The van der Waals surface area contributed by atoms with Crippen LogP contribution in [0.25, 0.3) is 0 Å². The fourth-order valence-corrected chi connectivity index (χ4v) is 0.271. The topological polar surface area (TPSA) is 59.3 Å². The first-order valence-corrected chi connectivity index (χ1v) is 2.52. The molecule has 0 spiro atoms. The summed E-state index contributed by atoms with van der Waals surface area (Å²) in [5, 5.41) is 0. The highest BCUT2D eigenvalue weighted by atomic mass is 16.8. The van der Waals surface area contributed by atoms with Crippen molar-refractivity contribution in [2.45, 2.75) is 26.4 Å². The molecule has 53 valence electrons. The van der Waals surface area contributed by atoms with Gasteiger partial charge in [-0.3, -0.25) is 0 Å². The van der Waals surface area contributed by atoms with Gasteiger partial charge in [-0.15, -0.1) is 0 Å². The molecule has 0 saturated heterocycles. The fraction of sp³-hybridized carbons (Fsp3) is 0.800. The summed E-state index contributed by atoms with van der Waals surface area (Å²) in [5.41, 5.74) is -0.571. The van der Waals surface area contributed by atoms with Gasteiger partial charge in [0, 0.05) is 0 Å². The molecule has 0 unspecified atom stereocenters. The average molecular weight is 132 g/mol. The van der Waals surface area contributed by atoms with Crippen molar-refractivity contribution in [3.05, 3.63) is 0 Å². The molecule has 0 aromatic rings. The van der Waals surface area contributed by atoms with E-state index in [1.165, 1.54) is 0 Å². The van der Waals surface area contributed by atoms with Gasteiger partial charge in [0.05, 0.1) is 0 Å². The van der Waals surface area contributed by atoms with Crippen molar-refractivity contribution in [1.82, 2.24) is 5.90 Å². The van der Waals surface area contributed by atoms with Gasteiger partial charge in [0.15, 0.2) is 0 Å². The van der Waals surface area contributed by atoms with E-state index >= 15 is 0 Å². The minimum atomic E-state index is -0.970. The number of rotatable bonds is 0. The van der Waals surface area contributed by atoms with Crippen LogP contribution in [0.4, 0.5) is 4.79 Å². The van der Waals surface area contributed by atoms with Gasteiger partial charge in [-0.25, -0.2) is 4.79 Å². The van der Waals surface area contributed by atoms with Crippen LogP contribution in [0.3, 0.4) is 0 Å². The maximum atomic E-state index is 10.2. The molecule has 0 aliphatic heterocycles. The highest BCUT2D eigenvalue weighted by Crippen LogP contribution is 2.06. The normalized spacial score (nSPS) is 10.7. The van der Waals surface area contributed by atoms with Crippen LogP contribution < -0.4 is 5.90 Å². The van der Waals surface area contributed by atoms with E-state index in [1.807, 2.05) is 0 Å². The number of carbonyl (C=O) groups excluding carboxylic acids is 1. The summed E-state index contributed by atoms with van der Waals surface area (Å²) < 4.78 is 4.54. The first-order valence-electron chi connectivity index (χ1n) is 2.52. The number of hydrogen-bond acceptors (Lipinski definition) is 3. The predicted octanol–water partition coefficient (Wildman–Crippen LogP) is 1.14. The van der Waals surface area contributed by atoms with E-state index in [9.17, 15) is 4.79 Å². The molecule has 0 fully saturated rings. The third-order valence-corrected chi connectivity index (χ3v) is 0.473. The van der Waals surface area contributed by atoms with Gasteiger partial charge in [0.1, 0.15) is 5.60 Å². The van der Waals surface area contributed by atoms with Crippen molar-refractivity contribution in [2.75, 3.05) is 0 Å². The molecule has 0 aliphatic carbocycles. The number of carbonyl (C=O) groups is 1. The largest absolute Gasteiger partial charge is 0.529 e. The van der Waals surface area contributed by atoms with Crippen molar-refractivity contribution in [3.63, 3.8) is 0 Å². The van der Waals surface area contributed by atoms with Crippen molar-refractivity contribution in [1.29, 1.82) is 0 Å². The SMILES string of the molecule is CC(C)(C)OC(=O)O[NH]. The first-order chi connectivity index (χ1) is 3.95. The molecule has 0 aromatic heterocycles. The van der Waals surface area contributed by atoms with E-state index in [2.05, 4.69) is 9.57 Å². The summed E-state index contributed by atoms with van der Waals surface area (Å²) in [7, 11) is 0. The molecule has 0 rings (SSSR count). The second-order valence-electron chi connectivity index (χ2n) is 2.57. The maximum Gasteiger partial charge on any atom is 0.529 e. The summed E-state index contributed by atoms with van der Waals surface area (Å²) in [6, 6.07) is 0. The van der Waals surface area contributed by atoms with Crippen molar-refractivity contribution in [3.8, 4) is 0 Å². The zero-order valence-electron chi connectivity index (χ0n) is 5.72. The number of ether oxygens (including phenoxy) is 1. The van der Waals surface area contributed by atoms with Crippen LogP contribution >= 0.6 is 0 Å². The summed E-state index contributed by atoms with van der Waals surface area (Å²) in [4.78, 5) is 13.7. The van der Waals surface area contributed by atoms with Gasteiger partial charge in [-0.2, -0.15) is 0 Å². The molecule has 9 heavy (non-hydrogen) atoms. The van der Waals surface area contributed by atoms with Crippen LogP contribution in [0, 0.1) is 0 Å². The molecule has 0 saturated carbocycles. The molecule has 1 radical (unpaired) electrons. The lowest BCUT2D eigenvalue weighted by atomic mass is 10.2. The molecule has 0 atom stereocenters. The summed E-state index contributed by atoms with van der Waals surface area (Å²) in [5.74, 6) is 6.11. The van der Waals surface area contributed by atoms with Crippen LogP contribution in [0.1, 0.15) is 20.8 Å². The lowest BCUT2D eigenvalue weighted by molar-refractivity contribution is -0.0120. The monoisotopic (exact) mass is 132 g/mol. The quantitative estimate of drug-likeness (QED) is 0.366. The lowest BCUT2D eigenvalue weighted by Crippen LogP contribution is -2.23. The van der Waals surface area contributed by atoms with Crippen molar-refractivity contribution < 1.29 is 14.4 Å². The van der Waals surface area contributed by atoms with Gasteiger partial charge in [0.2, 0.25) is 0 Å². The Morgan fingerprint density at radius 1 is 1.44 bits per heavy atom. The number of hydrogen-bond donors (Lipinski definition) is 0. The Morgan fingerprint density at radius 2 is 1.89 bits per heavy atom. The van der Waals surface area contributed by atoms with Crippen LogP contribution in [0.15, 0.2) is 0 Å². The smallest absolute Gasteiger partial charge is 0.427 e. The summed E-state index contributed by atoms with van der Waals surface area (Å²) in [6.07, 6.45) is -0.970. The minimum absolute atomic E-state index is 0.571. The van der Waals surface area contributed by atoms with E-state index in [0.29, 0.717) is 0 Å². The molecule has 0 bridgehead atoms. The Labute approximate surface area is 53.9 Å². The fourth-order valence-electron chi connectivity index (χ4n) is 0.271. The third-order valence-electron chi connectivity index (χ3n) is 0.473. The molecule has 0 aromatic carbocycles. The van der Waals surface area contributed by atoms with Gasteiger partial charge in [-0.1, -0.05) is 0 Å². The Morgan fingerprint density at radius 3 is 2.00 bits per heavy atom. The van der Waals surface area contributed by atoms with E-state index in [0.717, 1.165) is 0 Å². The van der Waals surface area contributed by atoms with Crippen molar-refractivity contribution in [2.24, 2.45) is 0 Å². The van der Waals surface area contributed by atoms with Crippen LogP contribution in [-0.2, 0) is 9.57 Å². The van der Waals surface area contributed by atoms with Crippen molar-refractivity contribution >= 4 is 6.16 Å². The lowest BCUT2D eigenvalue weighted by Gasteiger charge is -2.16. The standard InChI is InChI=1S/C5H10NO3/c1-5(2,3)8-4(7)9-6/h6H,1-3H3. The Bertz CT molecular complexity index is 105. The summed E-state index contributed by atoms with van der Waals surface area (Å²) in [6.45, 7) is 5.10. The predicted molar refractivity (Wildman–Crippen MR) is 30.4 cm³/mol. The Balaban J connectivity index is 3.60. The zero-order valence-corrected chi connectivity index (χ0v) is 5.72. The van der Waals surface area contributed by atoms with E-state index in [1.54, 1.807) is 20.8 Å². The molecule has 0 amide bonds. The summed E-state index contributed by atoms with van der Waals surface area (Å²) >= 11 is 0. The van der Waals surface area contributed by atoms with E-state index < -0.39 is 11.8 Å². The van der Waals surface area contributed by atoms with Gasteiger partial charge in [0.25, 0.3) is 0 Å². The second-order valence-corrected chi connectivity index (χ2v) is 2.57. The van der Waals surface area contributed by atoms with E-state index in [4.69, 9.17) is 5.90 Å². The molecule has 1 N–H and O–H groups in total. The highest BCUT2D eigenvalue weighted by molar-refractivity contribution is 5.59. The van der Waals surface area contributed by atoms with Gasteiger partial charge in [-0.05, 0) is 26.7 Å². The molecule has 4 nitrogen and oxygen atoms in total.